The quantitative estimate of drug-likeness (QED) is 0.464. The van der Waals surface area contributed by atoms with E-state index in [-0.39, 0.29) is 30.1 Å². The average Bonchev–Trinajstić information content (AvgIpc) is 3.19. The topological polar surface area (TPSA) is 105 Å². The van der Waals surface area contributed by atoms with Gasteiger partial charge in [-0.1, -0.05) is 0 Å². The third-order valence-corrected chi connectivity index (χ3v) is 2.50. The minimum absolute atomic E-state index is 0.133. The summed E-state index contributed by atoms with van der Waals surface area (Å²) >= 11 is 0. The van der Waals surface area contributed by atoms with Gasteiger partial charge in [-0.2, -0.15) is 13.2 Å². The third kappa shape index (κ3) is 3.95. The fourth-order valence-corrected chi connectivity index (χ4v) is 1.42. The summed E-state index contributed by atoms with van der Waals surface area (Å²) in [7, 11) is 0. The van der Waals surface area contributed by atoms with Crippen molar-refractivity contribution in [2.45, 2.75) is 25.1 Å². The van der Waals surface area contributed by atoms with Crippen molar-refractivity contribution in [3.63, 3.8) is 0 Å². The summed E-state index contributed by atoms with van der Waals surface area (Å²) in [6.07, 6.45) is -2.84. The molecule has 1 aliphatic rings. The largest absolute Gasteiger partial charge is 0.451 e. The molecule has 0 aliphatic heterocycles. The van der Waals surface area contributed by atoms with Crippen LogP contribution >= 0.6 is 0 Å². The normalized spacial score (nSPS) is 14.8. The van der Waals surface area contributed by atoms with Gasteiger partial charge in [-0.15, -0.1) is 0 Å². The van der Waals surface area contributed by atoms with Gasteiger partial charge in [0.2, 0.25) is 11.7 Å². The first-order chi connectivity index (χ1) is 9.38. The van der Waals surface area contributed by atoms with Crippen LogP contribution in [0.5, 0.6) is 0 Å². The van der Waals surface area contributed by atoms with Crippen LogP contribution in [0.1, 0.15) is 18.7 Å². The Morgan fingerprint density at radius 3 is 2.55 bits per heavy atom. The Hall–Kier alpha value is -2.10. The summed E-state index contributed by atoms with van der Waals surface area (Å²) < 4.78 is 37.7. The Bertz CT molecular complexity index is 502. The molecule has 0 saturated heterocycles. The maximum atomic E-state index is 12.6. The molecule has 1 amide bonds. The van der Waals surface area contributed by atoms with Gasteiger partial charge in [0.25, 0.3) is 0 Å². The number of hydrazine groups is 1. The van der Waals surface area contributed by atoms with Crippen LogP contribution in [-0.2, 0) is 11.0 Å². The molecule has 10 heteroatoms. The van der Waals surface area contributed by atoms with Gasteiger partial charge in [0.1, 0.15) is 11.6 Å². The molecule has 5 N–H and O–H groups in total. The van der Waals surface area contributed by atoms with E-state index in [1.54, 1.807) is 0 Å². The van der Waals surface area contributed by atoms with Gasteiger partial charge in [0, 0.05) is 12.1 Å². The molecule has 1 fully saturated rings. The average molecular weight is 290 g/mol. The minimum Gasteiger partial charge on any atom is -0.361 e. The minimum atomic E-state index is -4.69. The Balaban J connectivity index is 2.03. The lowest BCUT2D eigenvalue weighted by Crippen LogP contribution is -2.31. The number of anilines is 2. The lowest BCUT2D eigenvalue weighted by atomic mass is 10.4. The van der Waals surface area contributed by atoms with Crippen LogP contribution in [0.2, 0.25) is 0 Å². The van der Waals surface area contributed by atoms with Crippen LogP contribution in [0, 0.1) is 0 Å². The molecule has 1 aliphatic carbocycles. The van der Waals surface area contributed by atoms with E-state index in [4.69, 9.17) is 5.84 Å². The van der Waals surface area contributed by atoms with E-state index in [0.29, 0.717) is 0 Å². The molecule has 7 nitrogen and oxygen atoms in total. The van der Waals surface area contributed by atoms with Gasteiger partial charge < -0.3 is 16.1 Å². The predicted molar refractivity (Wildman–Crippen MR) is 64.5 cm³/mol. The first-order valence-corrected chi connectivity index (χ1v) is 5.84. The maximum Gasteiger partial charge on any atom is 0.451 e. The number of rotatable bonds is 5. The maximum absolute atomic E-state index is 12.6. The Kier molecular flexibility index (Phi) is 3.93. The molecule has 0 aromatic carbocycles. The summed E-state index contributed by atoms with van der Waals surface area (Å²) in [4.78, 5) is 17.9. The molecule has 0 unspecified atom stereocenters. The molecule has 0 atom stereocenters. The number of hydrogen-bond donors (Lipinski definition) is 4. The van der Waals surface area contributed by atoms with Crippen molar-refractivity contribution in [3.8, 4) is 0 Å². The third-order valence-electron chi connectivity index (χ3n) is 2.50. The first kappa shape index (κ1) is 14.3. The van der Waals surface area contributed by atoms with Crippen LogP contribution in [0.4, 0.5) is 24.8 Å². The van der Waals surface area contributed by atoms with E-state index in [1.807, 2.05) is 5.43 Å². The van der Waals surface area contributed by atoms with Gasteiger partial charge in [0.05, 0.1) is 6.54 Å². The molecule has 1 aromatic rings. The zero-order chi connectivity index (χ0) is 14.8. The van der Waals surface area contributed by atoms with Crippen molar-refractivity contribution in [1.29, 1.82) is 0 Å². The molecule has 110 valence electrons. The molecule has 1 heterocycles. The summed E-state index contributed by atoms with van der Waals surface area (Å²) in [6.45, 7) is -0.172. The van der Waals surface area contributed by atoms with E-state index < -0.39 is 12.0 Å². The fraction of sp³-hybridized carbons (Fsp3) is 0.500. The molecule has 0 bridgehead atoms. The number of hydrogen-bond acceptors (Lipinski definition) is 6. The Morgan fingerprint density at radius 2 is 2.00 bits per heavy atom. The molecule has 2 rings (SSSR count). The standard InChI is InChI=1S/C10H13F3N6O/c11-10(12,13)9-17-6(3-7(18-9)19-14)15-4-8(20)16-5-1-2-5/h3,5H,1-2,4,14H2,(H,16,20)(H2,15,17,18,19). The van der Waals surface area contributed by atoms with Crippen molar-refractivity contribution in [3.05, 3.63) is 11.9 Å². The smallest absolute Gasteiger partial charge is 0.361 e. The van der Waals surface area contributed by atoms with E-state index in [2.05, 4.69) is 20.6 Å². The number of aromatic nitrogens is 2. The number of nitrogens with one attached hydrogen (secondary N) is 3. The summed E-state index contributed by atoms with van der Waals surface area (Å²) in [5.41, 5.74) is 2.02. The number of nitrogens with zero attached hydrogens (tertiary/aromatic N) is 2. The number of carbonyl (C=O) groups is 1. The van der Waals surface area contributed by atoms with E-state index in [9.17, 15) is 18.0 Å². The Morgan fingerprint density at radius 1 is 1.35 bits per heavy atom. The highest BCUT2D eigenvalue weighted by Gasteiger charge is 2.35. The molecule has 0 spiro atoms. The highest BCUT2D eigenvalue weighted by Crippen LogP contribution is 2.28. The van der Waals surface area contributed by atoms with Crippen LogP contribution in [0.25, 0.3) is 0 Å². The van der Waals surface area contributed by atoms with Crippen LogP contribution < -0.4 is 21.9 Å². The fourth-order valence-electron chi connectivity index (χ4n) is 1.42. The van der Waals surface area contributed by atoms with Crippen LogP contribution in [0.3, 0.4) is 0 Å². The monoisotopic (exact) mass is 290 g/mol. The van der Waals surface area contributed by atoms with Gasteiger partial charge in [-0.3, -0.25) is 4.79 Å². The van der Waals surface area contributed by atoms with Crippen molar-refractivity contribution in [1.82, 2.24) is 15.3 Å². The SMILES string of the molecule is NNc1cc(NCC(=O)NC2CC2)nc(C(F)(F)F)n1. The number of nitrogens with two attached hydrogens (primary N) is 1. The van der Waals surface area contributed by atoms with Gasteiger partial charge in [0.15, 0.2) is 0 Å². The van der Waals surface area contributed by atoms with E-state index in [1.165, 1.54) is 6.07 Å². The zero-order valence-corrected chi connectivity index (χ0v) is 10.3. The van der Waals surface area contributed by atoms with Gasteiger partial charge in [-0.25, -0.2) is 15.8 Å². The zero-order valence-electron chi connectivity index (χ0n) is 10.3. The lowest BCUT2D eigenvalue weighted by Gasteiger charge is -2.11. The summed E-state index contributed by atoms with van der Waals surface area (Å²) in [5.74, 6) is 3.08. The van der Waals surface area contributed by atoms with Crippen molar-refractivity contribution in [2.24, 2.45) is 5.84 Å². The second-order valence-electron chi connectivity index (χ2n) is 4.30. The highest BCUT2D eigenvalue weighted by molar-refractivity contribution is 5.81. The van der Waals surface area contributed by atoms with Crippen molar-refractivity contribution in [2.75, 3.05) is 17.3 Å². The molecular weight excluding hydrogens is 277 g/mol. The summed E-state index contributed by atoms with van der Waals surface area (Å²) in [6, 6.07) is 1.36. The second-order valence-corrected chi connectivity index (χ2v) is 4.30. The number of alkyl halides is 3. The van der Waals surface area contributed by atoms with Crippen molar-refractivity contribution >= 4 is 17.5 Å². The van der Waals surface area contributed by atoms with Crippen LogP contribution in [0.15, 0.2) is 6.07 Å². The molecular formula is C10H13F3N6O. The lowest BCUT2D eigenvalue weighted by molar-refractivity contribution is -0.144. The second kappa shape index (κ2) is 5.49. The number of nitrogen functional groups attached to an aromatic ring is 1. The number of amides is 1. The van der Waals surface area contributed by atoms with E-state index >= 15 is 0 Å². The highest BCUT2D eigenvalue weighted by atomic mass is 19.4. The van der Waals surface area contributed by atoms with E-state index in [0.717, 1.165) is 12.8 Å². The predicted octanol–water partition coefficient (Wildman–Crippen LogP) is 0.471. The Labute approximate surface area is 112 Å². The van der Waals surface area contributed by atoms with Gasteiger partial charge >= 0.3 is 6.18 Å². The summed E-state index contributed by atoms with van der Waals surface area (Å²) in [5, 5.41) is 5.20. The van der Waals surface area contributed by atoms with Gasteiger partial charge in [-0.05, 0) is 12.8 Å². The number of halogens is 3. The van der Waals surface area contributed by atoms with Crippen LogP contribution in [-0.4, -0.2) is 28.5 Å². The molecule has 1 aromatic heterocycles. The van der Waals surface area contributed by atoms with Crippen molar-refractivity contribution < 1.29 is 18.0 Å². The molecule has 1 saturated carbocycles. The molecule has 20 heavy (non-hydrogen) atoms. The number of carbonyl (C=O) groups excluding carboxylic acids is 1. The molecule has 0 radical (unpaired) electrons. The first-order valence-electron chi connectivity index (χ1n) is 5.84.